The zero-order valence-corrected chi connectivity index (χ0v) is 13.7. The fourth-order valence-electron chi connectivity index (χ4n) is 2.10. The second kappa shape index (κ2) is 7.89. The summed E-state index contributed by atoms with van der Waals surface area (Å²) in [5.41, 5.74) is 1.33. The monoisotopic (exact) mass is 304 g/mol. The van der Waals surface area contributed by atoms with Gasteiger partial charge in [-0.3, -0.25) is 0 Å². The molecule has 0 bridgehead atoms. The lowest BCUT2D eigenvalue weighted by molar-refractivity contribution is -0.0698. The van der Waals surface area contributed by atoms with Gasteiger partial charge in [0.1, 0.15) is 11.6 Å². The third-order valence-corrected chi connectivity index (χ3v) is 3.73. The predicted octanol–water partition coefficient (Wildman–Crippen LogP) is 2.94. The molecule has 0 aliphatic rings. The van der Waals surface area contributed by atoms with Crippen LogP contribution in [0, 0.1) is 6.92 Å². The van der Waals surface area contributed by atoms with Gasteiger partial charge in [0.25, 0.3) is 0 Å². The van der Waals surface area contributed by atoms with Gasteiger partial charge in [-0.25, -0.2) is 4.68 Å². The number of rotatable bonds is 8. The lowest BCUT2D eigenvalue weighted by Gasteiger charge is -2.16. The van der Waals surface area contributed by atoms with Crippen LogP contribution in [0.2, 0.25) is 0 Å². The Kier molecular flexibility index (Phi) is 5.89. The summed E-state index contributed by atoms with van der Waals surface area (Å²) >= 11 is 0. The Labute approximate surface area is 131 Å². The van der Waals surface area contributed by atoms with E-state index in [1.807, 2.05) is 26.0 Å². The second-order valence-corrected chi connectivity index (χ2v) is 5.38. The summed E-state index contributed by atoms with van der Waals surface area (Å²) in [6.45, 7) is 9.27. The molecule has 2 rings (SSSR count). The molecular weight excluding hydrogens is 280 g/mol. The van der Waals surface area contributed by atoms with Gasteiger partial charge in [0.15, 0.2) is 6.29 Å². The summed E-state index contributed by atoms with van der Waals surface area (Å²) in [5.74, 6) is 2.17. The van der Waals surface area contributed by atoms with E-state index in [0.717, 1.165) is 18.0 Å². The molecule has 1 aromatic carbocycles. The first-order chi connectivity index (χ1) is 10.6. The Hall–Kier alpha value is -1.95. The van der Waals surface area contributed by atoms with Crippen LogP contribution in [0.25, 0.3) is 0 Å². The van der Waals surface area contributed by atoms with Gasteiger partial charge < -0.3 is 9.47 Å². The highest BCUT2D eigenvalue weighted by atomic mass is 16.7. The summed E-state index contributed by atoms with van der Waals surface area (Å²) < 4.78 is 13.1. The first kappa shape index (κ1) is 16.4. The van der Waals surface area contributed by atoms with Crippen molar-refractivity contribution < 1.29 is 9.47 Å². The fraction of sp³-hybridized carbons (Fsp3) is 0.562. The minimum absolute atomic E-state index is 0.314. The highest BCUT2D eigenvalue weighted by Crippen LogP contribution is 2.22. The van der Waals surface area contributed by atoms with Gasteiger partial charge in [0.05, 0.1) is 13.2 Å². The largest absolute Gasteiger partial charge is 0.465 e. The average molecular weight is 304 g/mol. The normalized spacial score (nSPS) is 13.8. The number of tetrazole rings is 1. The van der Waals surface area contributed by atoms with Crippen molar-refractivity contribution in [2.75, 3.05) is 6.61 Å². The molecule has 0 fully saturated rings. The lowest BCUT2D eigenvalue weighted by Crippen LogP contribution is -2.20. The molecule has 1 aromatic heterocycles. The zero-order valence-electron chi connectivity index (χ0n) is 13.7. The van der Waals surface area contributed by atoms with Crippen LogP contribution in [-0.2, 0) is 11.3 Å². The van der Waals surface area contributed by atoms with E-state index < -0.39 is 0 Å². The van der Waals surface area contributed by atoms with Crippen LogP contribution in [0.5, 0.6) is 5.75 Å². The summed E-state index contributed by atoms with van der Waals surface area (Å²) in [7, 11) is 0. The third-order valence-electron chi connectivity index (χ3n) is 3.73. The Morgan fingerprint density at radius 1 is 1.18 bits per heavy atom. The van der Waals surface area contributed by atoms with Gasteiger partial charge in [-0.15, -0.1) is 5.10 Å². The second-order valence-electron chi connectivity index (χ2n) is 5.38. The highest BCUT2D eigenvalue weighted by Gasteiger charge is 2.07. The van der Waals surface area contributed by atoms with Crippen molar-refractivity contribution >= 4 is 0 Å². The van der Waals surface area contributed by atoms with Gasteiger partial charge >= 0.3 is 0 Å². The first-order valence-electron chi connectivity index (χ1n) is 7.71. The van der Waals surface area contributed by atoms with E-state index in [9.17, 15) is 0 Å². The number of nitrogens with zero attached hydrogens (tertiary/aromatic N) is 4. The van der Waals surface area contributed by atoms with Crippen molar-refractivity contribution in [2.24, 2.45) is 0 Å². The van der Waals surface area contributed by atoms with Crippen molar-refractivity contribution in [1.29, 1.82) is 0 Å². The molecule has 0 spiro atoms. The van der Waals surface area contributed by atoms with Crippen LogP contribution < -0.4 is 4.74 Å². The molecule has 6 heteroatoms. The SMILES string of the molecule is CCC(C)c1ccc(OC(C)OCCn2nnnc2C)cc1. The molecule has 2 unspecified atom stereocenters. The molecule has 6 nitrogen and oxygen atoms in total. The van der Waals surface area contributed by atoms with Crippen molar-refractivity contribution in [3.63, 3.8) is 0 Å². The lowest BCUT2D eigenvalue weighted by atomic mass is 9.99. The molecule has 22 heavy (non-hydrogen) atoms. The molecule has 0 N–H and O–H groups in total. The van der Waals surface area contributed by atoms with Crippen LogP contribution in [-0.4, -0.2) is 33.1 Å². The molecule has 0 saturated heterocycles. The van der Waals surface area contributed by atoms with E-state index in [1.54, 1.807) is 4.68 Å². The fourth-order valence-corrected chi connectivity index (χ4v) is 2.10. The number of benzene rings is 1. The van der Waals surface area contributed by atoms with E-state index >= 15 is 0 Å². The van der Waals surface area contributed by atoms with E-state index in [2.05, 4.69) is 41.5 Å². The standard InChI is InChI=1S/C16H24N4O2/c1-5-12(2)15-6-8-16(9-7-15)22-14(4)21-11-10-20-13(3)17-18-19-20/h6-9,12,14H,5,10-11H2,1-4H3. The van der Waals surface area contributed by atoms with Gasteiger partial charge in [-0.1, -0.05) is 26.0 Å². The zero-order chi connectivity index (χ0) is 15.9. The maximum Gasteiger partial charge on any atom is 0.197 e. The van der Waals surface area contributed by atoms with Crippen LogP contribution >= 0.6 is 0 Å². The minimum atomic E-state index is -0.314. The van der Waals surface area contributed by atoms with E-state index in [-0.39, 0.29) is 6.29 Å². The average Bonchev–Trinajstić information content (AvgIpc) is 2.92. The molecular formula is C16H24N4O2. The smallest absolute Gasteiger partial charge is 0.197 e. The molecule has 1 heterocycles. The van der Waals surface area contributed by atoms with Crippen LogP contribution in [0.3, 0.4) is 0 Å². The Morgan fingerprint density at radius 2 is 1.91 bits per heavy atom. The van der Waals surface area contributed by atoms with Gasteiger partial charge in [-0.05, 0) is 54.3 Å². The highest BCUT2D eigenvalue weighted by molar-refractivity contribution is 5.29. The number of aromatic nitrogens is 4. The van der Waals surface area contributed by atoms with Gasteiger partial charge in [-0.2, -0.15) is 0 Å². The number of hydrogen-bond acceptors (Lipinski definition) is 5. The summed E-state index contributed by atoms with van der Waals surface area (Å²) in [5, 5.41) is 11.3. The maximum absolute atomic E-state index is 5.75. The molecule has 2 aromatic rings. The van der Waals surface area contributed by atoms with Crippen LogP contribution in [0.15, 0.2) is 24.3 Å². The number of ether oxygens (including phenoxy) is 2. The molecule has 0 amide bonds. The topological polar surface area (TPSA) is 62.1 Å². The molecule has 120 valence electrons. The summed E-state index contributed by atoms with van der Waals surface area (Å²) in [4.78, 5) is 0. The Balaban J connectivity index is 1.77. The minimum Gasteiger partial charge on any atom is -0.465 e. The summed E-state index contributed by atoms with van der Waals surface area (Å²) in [6, 6.07) is 8.21. The van der Waals surface area contributed by atoms with E-state index in [0.29, 0.717) is 19.1 Å². The van der Waals surface area contributed by atoms with Crippen molar-refractivity contribution in [3.05, 3.63) is 35.7 Å². The van der Waals surface area contributed by atoms with Crippen molar-refractivity contribution in [2.45, 2.75) is 52.9 Å². The van der Waals surface area contributed by atoms with Crippen LogP contribution in [0.1, 0.15) is 44.5 Å². The van der Waals surface area contributed by atoms with Gasteiger partial charge in [0.2, 0.25) is 0 Å². The van der Waals surface area contributed by atoms with Crippen molar-refractivity contribution in [3.8, 4) is 5.75 Å². The predicted molar refractivity (Wildman–Crippen MR) is 83.7 cm³/mol. The summed E-state index contributed by atoms with van der Waals surface area (Å²) in [6.07, 6.45) is 0.822. The van der Waals surface area contributed by atoms with Crippen molar-refractivity contribution in [1.82, 2.24) is 20.2 Å². The quantitative estimate of drug-likeness (QED) is 0.702. The maximum atomic E-state index is 5.75. The van der Waals surface area contributed by atoms with Crippen LogP contribution in [0.4, 0.5) is 0 Å². The number of aryl methyl sites for hydroxylation is 1. The van der Waals surface area contributed by atoms with E-state index in [4.69, 9.17) is 9.47 Å². The third kappa shape index (κ3) is 4.53. The van der Waals surface area contributed by atoms with Gasteiger partial charge in [0, 0.05) is 0 Å². The first-order valence-corrected chi connectivity index (χ1v) is 7.71. The van der Waals surface area contributed by atoms with E-state index in [1.165, 1.54) is 5.56 Å². The molecule has 0 aliphatic heterocycles. The molecule has 0 aliphatic carbocycles. The Morgan fingerprint density at radius 3 is 2.50 bits per heavy atom. The molecule has 0 radical (unpaired) electrons. The number of hydrogen-bond donors (Lipinski definition) is 0. The Bertz CT molecular complexity index is 568. The molecule has 2 atom stereocenters. The molecule has 0 saturated carbocycles.